The molecule has 25 heavy (non-hydrogen) atoms. The van der Waals surface area contributed by atoms with Gasteiger partial charge in [-0.15, -0.1) is 0 Å². The van der Waals surface area contributed by atoms with Crippen molar-refractivity contribution in [2.24, 2.45) is 13.0 Å². The molecule has 1 saturated heterocycles. The van der Waals surface area contributed by atoms with E-state index in [4.69, 9.17) is 0 Å². The van der Waals surface area contributed by atoms with Gasteiger partial charge in [-0.1, -0.05) is 6.92 Å². The number of fused-ring (bicyclic) bond motifs is 1. The van der Waals surface area contributed by atoms with Crippen LogP contribution in [0.1, 0.15) is 41.0 Å². The quantitative estimate of drug-likeness (QED) is 0.717. The number of carbonyl (C=O) groups excluding carboxylic acids is 1. The maximum atomic E-state index is 12.8. The van der Waals surface area contributed by atoms with Crippen LogP contribution < -0.4 is 0 Å². The molecule has 0 aliphatic carbocycles. The predicted octanol–water partition coefficient (Wildman–Crippen LogP) is 2.04. The third-order valence-electron chi connectivity index (χ3n) is 5.11. The topological polar surface area (TPSA) is 68.3 Å². The molecule has 0 radical (unpaired) electrons. The SMILES string of the molecule is Cc1cc([C@@H]2CN(C(=O)c3ccn(C)c3)CC[C@H]2C)n2ncnc2n1. The first-order chi connectivity index (χ1) is 12.0. The van der Waals surface area contributed by atoms with Crippen molar-refractivity contribution in [3.63, 3.8) is 0 Å². The van der Waals surface area contributed by atoms with Crippen LogP contribution in [0.3, 0.4) is 0 Å². The van der Waals surface area contributed by atoms with Gasteiger partial charge in [0.05, 0.1) is 11.3 Å². The van der Waals surface area contributed by atoms with Gasteiger partial charge in [0.25, 0.3) is 11.7 Å². The van der Waals surface area contributed by atoms with E-state index in [1.165, 1.54) is 6.33 Å². The summed E-state index contributed by atoms with van der Waals surface area (Å²) < 4.78 is 3.72. The molecule has 3 aromatic rings. The number of carbonyl (C=O) groups is 1. The summed E-state index contributed by atoms with van der Waals surface area (Å²) >= 11 is 0. The van der Waals surface area contributed by atoms with E-state index in [2.05, 4.69) is 28.1 Å². The van der Waals surface area contributed by atoms with Crippen molar-refractivity contribution >= 4 is 11.7 Å². The number of amides is 1. The summed E-state index contributed by atoms with van der Waals surface area (Å²) in [7, 11) is 1.93. The highest BCUT2D eigenvalue weighted by atomic mass is 16.2. The van der Waals surface area contributed by atoms with Crippen molar-refractivity contribution in [1.29, 1.82) is 0 Å². The summed E-state index contributed by atoms with van der Waals surface area (Å²) in [6.07, 6.45) is 6.29. The van der Waals surface area contributed by atoms with E-state index in [9.17, 15) is 4.79 Å². The zero-order valence-corrected chi connectivity index (χ0v) is 14.8. The van der Waals surface area contributed by atoms with Crippen molar-refractivity contribution in [1.82, 2.24) is 29.0 Å². The number of rotatable bonds is 2. The third-order valence-corrected chi connectivity index (χ3v) is 5.11. The molecule has 0 saturated carbocycles. The third kappa shape index (κ3) is 2.79. The van der Waals surface area contributed by atoms with E-state index in [0.717, 1.165) is 29.9 Å². The number of nitrogens with zero attached hydrogens (tertiary/aromatic N) is 6. The second-order valence-corrected chi connectivity index (χ2v) is 6.98. The Balaban J connectivity index is 1.66. The fraction of sp³-hybridized carbons (Fsp3) is 0.444. The molecule has 1 fully saturated rings. The van der Waals surface area contributed by atoms with E-state index in [-0.39, 0.29) is 11.8 Å². The smallest absolute Gasteiger partial charge is 0.255 e. The summed E-state index contributed by atoms with van der Waals surface area (Å²) in [5, 5.41) is 4.34. The maximum absolute atomic E-state index is 12.8. The lowest BCUT2D eigenvalue weighted by Gasteiger charge is -2.37. The van der Waals surface area contributed by atoms with E-state index < -0.39 is 0 Å². The molecule has 4 heterocycles. The Kier molecular flexibility index (Phi) is 3.78. The van der Waals surface area contributed by atoms with Gasteiger partial charge in [0.2, 0.25) is 0 Å². The van der Waals surface area contributed by atoms with Crippen LogP contribution in [-0.4, -0.2) is 48.0 Å². The molecule has 7 heteroatoms. The lowest BCUT2D eigenvalue weighted by molar-refractivity contribution is 0.0666. The van der Waals surface area contributed by atoms with E-state index in [1.54, 1.807) is 0 Å². The Labute approximate surface area is 146 Å². The Morgan fingerprint density at radius 1 is 1.36 bits per heavy atom. The molecular weight excluding hydrogens is 316 g/mol. The molecule has 1 aliphatic rings. The molecule has 0 N–H and O–H groups in total. The minimum absolute atomic E-state index is 0.0955. The largest absolute Gasteiger partial charge is 0.356 e. The molecule has 0 spiro atoms. The van der Waals surface area contributed by atoms with Gasteiger partial charge in [-0.3, -0.25) is 4.79 Å². The van der Waals surface area contributed by atoms with E-state index >= 15 is 0 Å². The highest BCUT2D eigenvalue weighted by Gasteiger charge is 2.32. The number of aromatic nitrogens is 5. The first kappa shape index (κ1) is 15.8. The molecule has 7 nitrogen and oxygen atoms in total. The maximum Gasteiger partial charge on any atom is 0.255 e. The van der Waals surface area contributed by atoms with Crippen LogP contribution in [0, 0.1) is 12.8 Å². The van der Waals surface area contributed by atoms with Gasteiger partial charge < -0.3 is 9.47 Å². The fourth-order valence-electron chi connectivity index (χ4n) is 3.67. The van der Waals surface area contributed by atoms with Crippen molar-refractivity contribution in [3.05, 3.63) is 47.8 Å². The minimum atomic E-state index is 0.0955. The van der Waals surface area contributed by atoms with Crippen LogP contribution in [0.4, 0.5) is 0 Å². The average molecular weight is 338 g/mol. The monoisotopic (exact) mass is 338 g/mol. The molecule has 3 aromatic heterocycles. The van der Waals surface area contributed by atoms with Crippen molar-refractivity contribution in [2.45, 2.75) is 26.2 Å². The van der Waals surface area contributed by atoms with Crippen molar-refractivity contribution < 1.29 is 4.79 Å². The van der Waals surface area contributed by atoms with Crippen LogP contribution in [0.5, 0.6) is 0 Å². The Hall–Kier alpha value is -2.70. The van der Waals surface area contributed by atoms with Gasteiger partial charge in [-0.05, 0) is 31.4 Å². The van der Waals surface area contributed by atoms with Gasteiger partial charge in [0.1, 0.15) is 6.33 Å². The lowest BCUT2D eigenvalue weighted by atomic mass is 9.84. The molecule has 1 amide bonds. The van der Waals surface area contributed by atoms with Crippen molar-refractivity contribution in [2.75, 3.05) is 13.1 Å². The van der Waals surface area contributed by atoms with Crippen LogP contribution in [0.15, 0.2) is 30.9 Å². The molecular formula is C18H22N6O. The molecule has 1 aliphatic heterocycles. The Morgan fingerprint density at radius 3 is 2.96 bits per heavy atom. The van der Waals surface area contributed by atoms with Crippen molar-refractivity contribution in [3.8, 4) is 0 Å². The molecule has 0 aromatic carbocycles. The van der Waals surface area contributed by atoms with Gasteiger partial charge in [0, 0.05) is 44.1 Å². The zero-order valence-electron chi connectivity index (χ0n) is 14.8. The number of piperidine rings is 1. The summed E-state index contributed by atoms with van der Waals surface area (Å²) in [5.41, 5.74) is 2.75. The second kappa shape index (κ2) is 5.98. The van der Waals surface area contributed by atoms with Gasteiger partial charge in [-0.25, -0.2) is 9.50 Å². The zero-order chi connectivity index (χ0) is 17.6. The van der Waals surface area contributed by atoms with E-state index in [0.29, 0.717) is 18.2 Å². The fourth-order valence-corrected chi connectivity index (χ4v) is 3.67. The van der Waals surface area contributed by atoms with Crippen LogP contribution >= 0.6 is 0 Å². The van der Waals surface area contributed by atoms with Gasteiger partial charge >= 0.3 is 0 Å². The van der Waals surface area contributed by atoms with Gasteiger partial charge in [-0.2, -0.15) is 10.1 Å². The van der Waals surface area contributed by atoms with Crippen LogP contribution in [0.2, 0.25) is 0 Å². The Morgan fingerprint density at radius 2 is 2.20 bits per heavy atom. The Bertz CT molecular complexity index is 927. The average Bonchev–Trinajstić information content (AvgIpc) is 3.22. The summed E-state index contributed by atoms with van der Waals surface area (Å²) in [4.78, 5) is 23.4. The summed E-state index contributed by atoms with van der Waals surface area (Å²) in [6, 6.07) is 3.95. The summed E-state index contributed by atoms with van der Waals surface area (Å²) in [5.74, 6) is 1.40. The normalized spacial score (nSPS) is 21.0. The second-order valence-electron chi connectivity index (χ2n) is 6.98. The molecule has 0 bridgehead atoms. The highest BCUT2D eigenvalue weighted by molar-refractivity contribution is 5.94. The molecule has 130 valence electrons. The highest BCUT2D eigenvalue weighted by Crippen LogP contribution is 2.33. The molecule has 2 atom stereocenters. The lowest BCUT2D eigenvalue weighted by Crippen LogP contribution is -2.42. The van der Waals surface area contributed by atoms with Gasteiger partial charge in [0.15, 0.2) is 0 Å². The van der Waals surface area contributed by atoms with Crippen LogP contribution in [0.25, 0.3) is 5.78 Å². The molecule has 0 unspecified atom stereocenters. The standard InChI is InChI=1S/C18H22N6O/c1-12-4-7-23(17(25)14-5-6-22(3)9-14)10-15(12)16-8-13(2)21-18-19-11-20-24(16)18/h5-6,8-9,11-12,15H,4,7,10H2,1-3H3/t12-,15-/m1/s1. The van der Waals surface area contributed by atoms with Crippen LogP contribution in [-0.2, 0) is 7.05 Å². The number of likely N-dealkylation sites (tertiary alicyclic amines) is 1. The number of hydrogen-bond donors (Lipinski definition) is 0. The first-order valence-electron chi connectivity index (χ1n) is 8.61. The first-order valence-corrected chi connectivity index (χ1v) is 8.61. The number of hydrogen-bond acceptors (Lipinski definition) is 4. The minimum Gasteiger partial charge on any atom is -0.356 e. The number of aryl methyl sites for hydroxylation is 2. The molecule has 4 rings (SSSR count). The predicted molar refractivity (Wildman–Crippen MR) is 93.4 cm³/mol. The summed E-state index contributed by atoms with van der Waals surface area (Å²) in [6.45, 7) is 5.69. The van der Waals surface area contributed by atoms with E-state index in [1.807, 2.05) is 46.4 Å².